The second kappa shape index (κ2) is 7.78. The topological polar surface area (TPSA) is 60.8 Å². The second-order valence-corrected chi connectivity index (χ2v) is 5.04. The van der Waals surface area contributed by atoms with Crippen LogP contribution in [-0.2, 0) is 6.18 Å². The van der Waals surface area contributed by atoms with Crippen LogP contribution in [0, 0.1) is 0 Å². The maximum atomic E-state index is 12.4. The van der Waals surface area contributed by atoms with E-state index in [1.807, 2.05) is 36.2 Å². The molecule has 0 aliphatic rings. The number of benzene rings is 1. The number of aliphatic hydroxyl groups is 1. The SMILES string of the molecule is CN(CCO)c1ccc(/C=N/Nc2ccc(C(F)(F)F)cn2)cc1. The molecule has 0 radical (unpaired) electrons. The first-order valence-electron chi connectivity index (χ1n) is 7.14. The Kier molecular flexibility index (Phi) is 5.75. The molecule has 2 rings (SSSR count). The summed E-state index contributed by atoms with van der Waals surface area (Å²) in [6.45, 7) is 0.609. The van der Waals surface area contributed by atoms with Gasteiger partial charge in [-0.15, -0.1) is 0 Å². The quantitative estimate of drug-likeness (QED) is 0.628. The molecule has 1 aromatic carbocycles. The number of pyridine rings is 1. The molecule has 128 valence electrons. The molecule has 0 unspecified atom stereocenters. The van der Waals surface area contributed by atoms with E-state index in [1.165, 1.54) is 12.3 Å². The lowest BCUT2D eigenvalue weighted by Gasteiger charge is -2.17. The minimum atomic E-state index is -4.40. The Bertz CT molecular complexity index is 669. The number of nitrogens with zero attached hydrogens (tertiary/aromatic N) is 3. The van der Waals surface area contributed by atoms with E-state index in [1.54, 1.807) is 0 Å². The molecule has 24 heavy (non-hydrogen) atoms. The van der Waals surface area contributed by atoms with E-state index in [9.17, 15) is 13.2 Å². The van der Waals surface area contributed by atoms with Crippen LogP contribution in [0.25, 0.3) is 0 Å². The summed E-state index contributed by atoms with van der Waals surface area (Å²) in [6.07, 6.45) is -2.11. The maximum absolute atomic E-state index is 12.4. The number of anilines is 2. The molecule has 0 aliphatic carbocycles. The third-order valence-electron chi connectivity index (χ3n) is 3.25. The minimum Gasteiger partial charge on any atom is -0.395 e. The van der Waals surface area contributed by atoms with Crippen LogP contribution in [0.1, 0.15) is 11.1 Å². The third-order valence-corrected chi connectivity index (χ3v) is 3.25. The molecule has 0 saturated carbocycles. The standard InChI is InChI=1S/C16H17F3N4O/c1-23(8-9-24)14-5-2-12(3-6-14)10-21-22-15-7-4-13(11-20-15)16(17,18)19/h2-7,10-11,24H,8-9H2,1H3,(H,20,22)/b21-10+. The fourth-order valence-electron chi connectivity index (χ4n) is 1.89. The summed E-state index contributed by atoms with van der Waals surface area (Å²) in [5.74, 6) is 0.221. The zero-order valence-corrected chi connectivity index (χ0v) is 13.0. The number of rotatable bonds is 6. The average Bonchev–Trinajstić information content (AvgIpc) is 2.55. The molecule has 1 aromatic heterocycles. The van der Waals surface area contributed by atoms with Gasteiger partial charge in [0.1, 0.15) is 5.82 Å². The van der Waals surface area contributed by atoms with Crippen molar-refractivity contribution in [3.8, 4) is 0 Å². The smallest absolute Gasteiger partial charge is 0.395 e. The van der Waals surface area contributed by atoms with Gasteiger partial charge in [0.2, 0.25) is 0 Å². The summed E-state index contributed by atoms with van der Waals surface area (Å²) >= 11 is 0. The number of hydrogen-bond donors (Lipinski definition) is 2. The van der Waals surface area contributed by atoms with Gasteiger partial charge in [-0.2, -0.15) is 18.3 Å². The second-order valence-electron chi connectivity index (χ2n) is 5.04. The van der Waals surface area contributed by atoms with Crippen molar-refractivity contribution in [1.29, 1.82) is 0 Å². The van der Waals surface area contributed by atoms with Gasteiger partial charge in [0.15, 0.2) is 0 Å². The van der Waals surface area contributed by atoms with Crippen molar-refractivity contribution in [2.45, 2.75) is 6.18 Å². The molecular weight excluding hydrogens is 321 g/mol. The Hall–Kier alpha value is -2.61. The number of aliphatic hydroxyl groups excluding tert-OH is 1. The van der Waals surface area contributed by atoms with E-state index in [-0.39, 0.29) is 12.4 Å². The number of hydrogen-bond acceptors (Lipinski definition) is 5. The third kappa shape index (κ3) is 4.95. The zero-order valence-electron chi connectivity index (χ0n) is 13.0. The molecule has 0 aliphatic heterocycles. The van der Waals surface area contributed by atoms with E-state index in [4.69, 9.17) is 5.11 Å². The van der Waals surface area contributed by atoms with Crippen LogP contribution in [-0.4, -0.2) is 36.5 Å². The minimum absolute atomic E-state index is 0.0732. The summed E-state index contributed by atoms with van der Waals surface area (Å²) in [5, 5.41) is 12.8. The highest BCUT2D eigenvalue weighted by atomic mass is 19.4. The summed E-state index contributed by atoms with van der Waals surface area (Å²) in [7, 11) is 1.87. The van der Waals surface area contributed by atoms with Crippen molar-refractivity contribution in [3.05, 3.63) is 53.7 Å². The lowest BCUT2D eigenvalue weighted by atomic mass is 10.2. The van der Waals surface area contributed by atoms with E-state index >= 15 is 0 Å². The van der Waals surface area contributed by atoms with Crippen molar-refractivity contribution in [1.82, 2.24) is 4.98 Å². The number of alkyl halides is 3. The van der Waals surface area contributed by atoms with Gasteiger partial charge in [-0.05, 0) is 29.8 Å². The Morgan fingerprint density at radius 1 is 1.21 bits per heavy atom. The van der Waals surface area contributed by atoms with Crippen LogP contribution < -0.4 is 10.3 Å². The summed E-state index contributed by atoms with van der Waals surface area (Å²) in [6, 6.07) is 9.60. The molecule has 2 aromatic rings. The van der Waals surface area contributed by atoms with E-state index in [0.717, 1.165) is 23.5 Å². The Morgan fingerprint density at radius 2 is 1.92 bits per heavy atom. The molecule has 5 nitrogen and oxygen atoms in total. The van der Waals surface area contributed by atoms with Gasteiger partial charge in [0.25, 0.3) is 0 Å². The molecule has 8 heteroatoms. The Labute approximate surface area is 137 Å². The van der Waals surface area contributed by atoms with Gasteiger partial charge < -0.3 is 10.0 Å². The number of hydrazone groups is 1. The summed E-state index contributed by atoms with van der Waals surface area (Å²) < 4.78 is 37.3. The predicted molar refractivity (Wildman–Crippen MR) is 87.3 cm³/mol. The van der Waals surface area contributed by atoms with E-state index in [0.29, 0.717) is 6.54 Å². The highest BCUT2D eigenvalue weighted by Gasteiger charge is 2.30. The van der Waals surface area contributed by atoms with Gasteiger partial charge >= 0.3 is 6.18 Å². The zero-order chi connectivity index (χ0) is 17.6. The molecule has 0 atom stereocenters. The van der Waals surface area contributed by atoms with Crippen molar-refractivity contribution in [2.24, 2.45) is 5.10 Å². The predicted octanol–water partition coefficient (Wildman–Crippen LogP) is 2.97. The lowest BCUT2D eigenvalue weighted by Crippen LogP contribution is -2.20. The number of aromatic nitrogens is 1. The maximum Gasteiger partial charge on any atom is 0.417 e. The molecule has 0 bridgehead atoms. The van der Waals surface area contributed by atoms with Gasteiger partial charge in [0.05, 0.1) is 18.4 Å². The molecule has 0 amide bonds. The molecule has 1 heterocycles. The molecule has 0 spiro atoms. The number of nitrogens with one attached hydrogen (secondary N) is 1. The molecule has 0 fully saturated rings. The Balaban J connectivity index is 1.94. The fraction of sp³-hybridized carbons (Fsp3) is 0.250. The van der Waals surface area contributed by atoms with Gasteiger partial charge in [-0.1, -0.05) is 12.1 Å². The first-order chi connectivity index (χ1) is 11.4. The number of likely N-dealkylation sites (N-methyl/N-ethyl adjacent to an activating group) is 1. The highest BCUT2D eigenvalue weighted by Crippen LogP contribution is 2.28. The largest absolute Gasteiger partial charge is 0.417 e. The summed E-state index contributed by atoms with van der Waals surface area (Å²) in [5.41, 5.74) is 3.54. The monoisotopic (exact) mass is 338 g/mol. The normalized spacial score (nSPS) is 11.7. The first-order valence-corrected chi connectivity index (χ1v) is 7.14. The fourth-order valence-corrected chi connectivity index (χ4v) is 1.89. The van der Waals surface area contributed by atoms with Crippen molar-refractivity contribution < 1.29 is 18.3 Å². The van der Waals surface area contributed by atoms with Gasteiger partial charge in [0, 0.05) is 25.5 Å². The van der Waals surface area contributed by atoms with Crippen molar-refractivity contribution >= 4 is 17.7 Å². The van der Waals surface area contributed by atoms with Crippen molar-refractivity contribution in [3.63, 3.8) is 0 Å². The van der Waals surface area contributed by atoms with E-state index in [2.05, 4.69) is 15.5 Å². The van der Waals surface area contributed by atoms with Crippen molar-refractivity contribution in [2.75, 3.05) is 30.5 Å². The van der Waals surface area contributed by atoms with Crippen LogP contribution >= 0.6 is 0 Å². The Morgan fingerprint density at radius 3 is 2.46 bits per heavy atom. The highest BCUT2D eigenvalue weighted by molar-refractivity contribution is 5.80. The van der Waals surface area contributed by atoms with Crippen LogP contribution in [0.15, 0.2) is 47.7 Å². The van der Waals surface area contributed by atoms with Crippen LogP contribution in [0.5, 0.6) is 0 Å². The van der Waals surface area contributed by atoms with Gasteiger partial charge in [-0.3, -0.25) is 5.43 Å². The average molecular weight is 338 g/mol. The molecule has 2 N–H and O–H groups in total. The lowest BCUT2D eigenvalue weighted by molar-refractivity contribution is -0.137. The molecular formula is C16H17F3N4O. The van der Waals surface area contributed by atoms with Gasteiger partial charge in [-0.25, -0.2) is 4.98 Å². The van der Waals surface area contributed by atoms with Crippen LogP contribution in [0.2, 0.25) is 0 Å². The van der Waals surface area contributed by atoms with Crippen LogP contribution in [0.3, 0.4) is 0 Å². The summed E-state index contributed by atoms with van der Waals surface area (Å²) in [4.78, 5) is 5.57. The first kappa shape index (κ1) is 17.7. The molecule has 0 saturated heterocycles. The number of halogens is 3. The van der Waals surface area contributed by atoms with E-state index < -0.39 is 11.7 Å². The van der Waals surface area contributed by atoms with Crippen LogP contribution in [0.4, 0.5) is 24.7 Å².